The van der Waals surface area contributed by atoms with Gasteiger partial charge >= 0.3 is 11.9 Å². The average Bonchev–Trinajstić information content (AvgIpc) is 3.04. The summed E-state index contributed by atoms with van der Waals surface area (Å²) in [6.45, 7) is 6.57. The van der Waals surface area contributed by atoms with Gasteiger partial charge in [0.2, 0.25) is 0 Å². The van der Waals surface area contributed by atoms with Crippen molar-refractivity contribution in [2.45, 2.75) is 91.1 Å². The Hall–Kier alpha value is -1.65. The highest BCUT2D eigenvalue weighted by atomic mass is 16.5. The first kappa shape index (κ1) is 21.6. The van der Waals surface area contributed by atoms with Gasteiger partial charge in [-0.2, -0.15) is 0 Å². The van der Waals surface area contributed by atoms with Crippen LogP contribution in [0.3, 0.4) is 0 Å². The minimum atomic E-state index is -0.965. The van der Waals surface area contributed by atoms with Crippen molar-refractivity contribution >= 4 is 17.7 Å². The Morgan fingerprint density at radius 3 is 2.53 bits per heavy atom. The first-order valence-electron chi connectivity index (χ1n) is 11.8. The highest BCUT2D eigenvalue weighted by molar-refractivity contribution is 5.79. The Bertz CT molecular complexity index is 770. The molecule has 0 saturated heterocycles. The van der Waals surface area contributed by atoms with Gasteiger partial charge in [-0.3, -0.25) is 14.4 Å². The van der Waals surface area contributed by atoms with Crippen LogP contribution in [-0.4, -0.2) is 28.9 Å². The van der Waals surface area contributed by atoms with Crippen molar-refractivity contribution in [1.29, 1.82) is 0 Å². The molecule has 0 heterocycles. The van der Waals surface area contributed by atoms with Crippen LogP contribution in [0.1, 0.15) is 85.0 Å². The summed E-state index contributed by atoms with van der Waals surface area (Å²) in [6, 6.07) is 0. The van der Waals surface area contributed by atoms with Gasteiger partial charge < -0.3 is 9.84 Å². The van der Waals surface area contributed by atoms with Gasteiger partial charge in [-0.25, -0.2) is 0 Å². The Kier molecular flexibility index (Phi) is 5.61. The zero-order valence-electron chi connectivity index (χ0n) is 18.6. The molecule has 4 aliphatic carbocycles. The highest BCUT2D eigenvalue weighted by Gasteiger charge is 2.59. The lowest BCUT2D eigenvalue weighted by Gasteiger charge is -2.58. The number of hydrogen-bond donors (Lipinski definition) is 1. The van der Waals surface area contributed by atoms with Gasteiger partial charge in [0.1, 0.15) is 11.9 Å². The van der Waals surface area contributed by atoms with Crippen LogP contribution in [0.2, 0.25) is 0 Å². The lowest BCUT2D eigenvalue weighted by Crippen LogP contribution is -2.51. The minimum absolute atomic E-state index is 0.0512. The largest absolute Gasteiger partial charge is 0.481 e. The Morgan fingerprint density at radius 1 is 1.07 bits per heavy atom. The number of fused-ring (bicyclic) bond motifs is 5. The molecule has 0 aromatic carbocycles. The SMILES string of the molecule is CC(=O)[C@H]1CC[C@H]2[C@H]3CC=C4C[C@@H](OC(=O)CCC(=O)O)CC[C@]4(C)[C@H]3CC[C@]12C. The maximum atomic E-state index is 12.3. The van der Waals surface area contributed by atoms with Crippen LogP contribution in [0, 0.1) is 34.5 Å². The monoisotopic (exact) mass is 416 g/mol. The molecule has 4 aliphatic rings. The summed E-state index contributed by atoms with van der Waals surface area (Å²) in [5.41, 5.74) is 1.78. The number of allylic oxidation sites excluding steroid dienone is 1. The molecule has 0 spiro atoms. The molecule has 1 N–H and O–H groups in total. The lowest BCUT2D eigenvalue weighted by atomic mass is 9.47. The van der Waals surface area contributed by atoms with Crippen LogP contribution in [0.15, 0.2) is 11.6 Å². The zero-order valence-corrected chi connectivity index (χ0v) is 18.6. The van der Waals surface area contributed by atoms with Gasteiger partial charge in [0.05, 0.1) is 12.8 Å². The van der Waals surface area contributed by atoms with Gasteiger partial charge in [-0.15, -0.1) is 0 Å². The molecule has 3 fully saturated rings. The van der Waals surface area contributed by atoms with E-state index in [1.54, 1.807) is 6.92 Å². The summed E-state index contributed by atoms with van der Waals surface area (Å²) in [6.07, 6.45) is 10.4. The van der Waals surface area contributed by atoms with E-state index in [2.05, 4.69) is 19.9 Å². The van der Waals surface area contributed by atoms with Gasteiger partial charge in [0.15, 0.2) is 0 Å². The molecule has 7 atom stereocenters. The Balaban J connectivity index is 1.46. The van der Waals surface area contributed by atoms with Crippen molar-refractivity contribution in [3.63, 3.8) is 0 Å². The number of Topliss-reactive ketones (excluding diaryl/α,β-unsaturated/α-hetero) is 1. The summed E-state index contributed by atoms with van der Waals surface area (Å²) in [4.78, 5) is 35.0. The second-order valence-corrected chi connectivity index (χ2v) is 10.8. The van der Waals surface area contributed by atoms with Crippen molar-refractivity contribution in [2.24, 2.45) is 34.5 Å². The predicted octanol–water partition coefficient (Wildman–Crippen LogP) is 4.93. The maximum Gasteiger partial charge on any atom is 0.306 e. The third kappa shape index (κ3) is 3.52. The number of carbonyl (C=O) groups is 3. The number of hydrogen-bond acceptors (Lipinski definition) is 4. The smallest absolute Gasteiger partial charge is 0.306 e. The molecule has 30 heavy (non-hydrogen) atoms. The number of ether oxygens (including phenoxy) is 1. The molecule has 4 rings (SSSR count). The maximum absolute atomic E-state index is 12.3. The summed E-state index contributed by atoms with van der Waals surface area (Å²) < 4.78 is 5.62. The standard InChI is InChI=1S/C25H36O5/c1-15(26)19-6-7-20-18-5-4-16-14-17(30-23(29)9-8-22(27)28)10-12-24(16,2)21(18)11-13-25(19,20)3/h4,17-21H,5-14H2,1-3H3,(H,27,28)/t17-,18+,19+,20-,21-,24-,25+/m0/s1. The first-order chi connectivity index (χ1) is 14.1. The fourth-order valence-electron chi connectivity index (χ4n) is 7.85. The van der Waals surface area contributed by atoms with Crippen LogP contribution in [-0.2, 0) is 19.1 Å². The van der Waals surface area contributed by atoms with E-state index in [4.69, 9.17) is 9.84 Å². The molecular weight excluding hydrogens is 380 g/mol. The Morgan fingerprint density at radius 2 is 1.83 bits per heavy atom. The fraction of sp³-hybridized carbons (Fsp3) is 0.800. The normalized spacial score (nSPS) is 42.4. The zero-order chi connectivity index (χ0) is 21.7. The van der Waals surface area contributed by atoms with Crippen LogP contribution in [0.25, 0.3) is 0 Å². The van der Waals surface area contributed by atoms with E-state index < -0.39 is 11.9 Å². The summed E-state index contributed by atoms with van der Waals surface area (Å²) in [5, 5.41) is 8.76. The number of aliphatic carboxylic acids is 1. The third-order valence-corrected chi connectivity index (χ3v) is 9.39. The van der Waals surface area contributed by atoms with Crippen molar-refractivity contribution < 1.29 is 24.2 Å². The molecule has 0 bridgehead atoms. The first-order valence-corrected chi connectivity index (χ1v) is 11.8. The number of esters is 1. The van der Waals surface area contributed by atoms with Crippen LogP contribution in [0.5, 0.6) is 0 Å². The van der Waals surface area contributed by atoms with Crippen molar-refractivity contribution in [2.75, 3.05) is 0 Å². The van der Waals surface area contributed by atoms with E-state index in [1.807, 2.05) is 0 Å². The molecule has 0 unspecified atom stereocenters. The van der Waals surface area contributed by atoms with E-state index in [0.717, 1.165) is 38.5 Å². The van der Waals surface area contributed by atoms with Gasteiger partial charge in [0, 0.05) is 12.3 Å². The molecule has 5 heteroatoms. The quantitative estimate of drug-likeness (QED) is 0.508. The molecule has 0 aliphatic heterocycles. The van der Waals surface area contributed by atoms with Crippen molar-refractivity contribution in [3.05, 3.63) is 11.6 Å². The highest BCUT2D eigenvalue weighted by Crippen LogP contribution is 2.66. The number of carboxylic acid groups (broad SMARTS) is 1. The number of carboxylic acids is 1. The molecule has 3 saturated carbocycles. The molecule has 0 aromatic rings. The minimum Gasteiger partial charge on any atom is -0.481 e. The summed E-state index contributed by atoms with van der Waals surface area (Å²) >= 11 is 0. The average molecular weight is 417 g/mol. The number of rotatable bonds is 5. The van der Waals surface area contributed by atoms with E-state index in [-0.39, 0.29) is 35.7 Å². The number of carbonyl (C=O) groups excluding carboxylic acids is 2. The van der Waals surface area contributed by atoms with Crippen molar-refractivity contribution in [3.8, 4) is 0 Å². The van der Waals surface area contributed by atoms with E-state index in [0.29, 0.717) is 23.5 Å². The fourth-order valence-corrected chi connectivity index (χ4v) is 7.85. The third-order valence-electron chi connectivity index (χ3n) is 9.39. The lowest BCUT2D eigenvalue weighted by molar-refractivity contribution is -0.154. The predicted molar refractivity (Wildman–Crippen MR) is 113 cm³/mol. The molecule has 0 aromatic heterocycles. The molecule has 0 amide bonds. The van der Waals surface area contributed by atoms with Gasteiger partial charge in [0.25, 0.3) is 0 Å². The number of ketones is 1. The van der Waals surface area contributed by atoms with E-state index >= 15 is 0 Å². The molecule has 166 valence electrons. The Labute approximate surface area is 179 Å². The van der Waals surface area contributed by atoms with E-state index in [9.17, 15) is 14.4 Å². The summed E-state index contributed by atoms with van der Waals surface area (Å²) in [5.74, 6) is 1.22. The molecule has 5 nitrogen and oxygen atoms in total. The van der Waals surface area contributed by atoms with E-state index in [1.165, 1.54) is 18.4 Å². The van der Waals surface area contributed by atoms with Crippen LogP contribution >= 0.6 is 0 Å². The van der Waals surface area contributed by atoms with Crippen LogP contribution in [0.4, 0.5) is 0 Å². The topological polar surface area (TPSA) is 80.7 Å². The second kappa shape index (κ2) is 7.80. The van der Waals surface area contributed by atoms with Crippen LogP contribution < -0.4 is 0 Å². The second-order valence-electron chi connectivity index (χ2n) is 10.8. The summed E-state index contributed by atoms with van der Waals surface area (Å²) in [7, 11) is 0. The van der Waals surface area contributed by atoms with Gasteiger partial charge in [-0.1, -0.05) is 25.5 Å². The molecule has 0 radical (unpaired) electrons. The van der Waals surface area contributed by atoms with Crippen molar-refractivity contribution in [1.82, 2.24) is 0 Å². The molecular formula is C25H36O5. The van der Waals surface area contributed by atoms with Gasteiger partial charge in [-0.05, 0) is 80.5 Å².